The SMILES string of the molecule is COc1ccccc1C(C)N(C)C(=O)c1sc(-c2ccccn2)nc1C. The van der Waals surface area contributed by atoms with Crippen LogP contribution in [0.2, 0.25) is 0 Å². The van der Waals surface area contributed by atoms with Gasteiger partial charge in [-0.05, 0) is 32.0 Å². The Kier molecular flexibility index (Phi) is 5.32. The molecule has 0 fully saturated rings. The molecule has 0 saturated carbocycles. The number of hydrogen-bond donors (Lipinski definition) is 0. The van der Waals surface area contributed by atoms with Gasteiger partial charge in [0.15, 0.2) is 0 Å². The second-order valence-electron chi connectivity index (χ2n) is 5.98. The quantitative estimate of drug-likeness (QED) is 0.672. The molecule has 3 aromatic rings. The number of hydrogen-bond acceptors (Lipinski definition) is 5. The highest BCUT2D eigenvalue weighted by Crippen LogP contribution is 2.32. The van der Waals surface area contributed by atoms with Crippen molar-refractivity contribution in [3.63, 3.8) is 0 Å². The maximum atomic E-state index is 13.1. The Balaban J connectivity index is 1.88. The van der Waals surface area contributed by atoms with Crippen molar-refractivity contribution in [1.29, 1.82) is 0 Å². The van der Waals surface area contributed by atoms with E-state index in [1.54, 1.807) is 25.3 Å². The second-order valence-corrected chi connectivity index (χ2v) is 6.98. The molecule has 3 rings (SSSR count). The summed E-state index contributed by atoms with van der Waals surface area (Å²) in [6, 6.07) is 13.3. The van der Waals surface area contributed by atoms with Crippen molar-refractivity contribution in [2.45, 2.75) is 19.9 Å². The lowest BCUT2D eigenvalue weighted by atomic mass is 10.1. The summed E-state index contributed by atoms with van der Waals surface area (Å²) in [6.45, 7) is 3.85. The van der Waals surface area contributed by atoms with E-state index in [1.165, 1.54) is 11.3 Å². The van der Waals surface area contributed by atoms with Crippen molar-refractivity contribution in [3.8, 4) is 16.5 Å². The predicted molar refractivity (Wildman–Crippen MR) is 104 cm³/mol. The zero-order valence-electron chi connectivity index (χ0n) is 15.3. The van der Waals surface area contributed by atoms with Gasteiger partial charge in [-0.25, -0.2) is 4.98 Å². The van der Waals surface area contributed by atoms with Crippen molar-refractivity contribution < 1.29 is 9.53 Å². The third-order valence-corrected chi connectivity index (χ3v) is 5.53. The van der Waals surface area contributed by atoms with Crippen LogP contribution in [0.25, 0.3) is 10.7 Å². The first-order chi connectivity index (χ1) is 12.5. The van der Waals surface area contributed by atoms with Gasteiger partial charge in [0.2, 0.25) is 0 Å². The number of methoxy groups -OCH3 is 1. The van der Waals surface area contributed by atoms with E-state index in [2.05, 4.69) is 9.97 Å². The lowest BCUT2D eigenvalue weighted by molar-refractivity contribution is 0.0745. The van der Waals surface area contributed by atoms with Crippen LogP contribution in [-0.2, 0) is 0 Å². The first-order valence-corrected chi connectivity index (χ1v) is 9.13. The van der Waals surface area contributed by atoms with E-state index in [-0.39, 0.29) is 11.9 Å². The summed E-state index contributed by atoms with van der Waals surface area (Å²) in [5.74, 6) is 0.718. The zero-order chi connectivity index (χ0) is 18.7. The molecule has 0 radical (unpaired) electrons. The number of ether oxygens (including phenoxy) is 1. The van der Waals surface area contributed by atoms with Crippen LogP contribution in [0.1, 0.15) is 33.9 Å². The van der Waals surface area contributed by atoms with Gasteiger partial charge in [0.1, 0.15) is 15.6 Å². The first kappa shape index (κ1) is 18.1. The second kappa shape index (κ2) is 7.66. The fourth-order valence-electron chi connectivity index (χ4n) is 2.75. The van der Waals surface area contributed by atoms with Crippen LogP contribution >= 0.6 is 11.3 Å². The summed E-state index contributed by atoms with van der Waals surface area (Å²) in [7, 11) is 3.44. The molecule has 2 aromatic heterocycles. The standard InChI is InChI=1S/C20H21N3O2S/c1-13-18(26-19(22-13)16-10-7-8-12-21-16)20(24)23(3)14(2)15-9-5-6-11-17(15)25-4/h5-12,14H,1-4H3. The van der Waals surface area contributed by atoms with E-state index in [9.17, 15) is 4.79 Å². The average Bonchev–Trinajstić information content (AvgIpc) is 3.08. The molecule has 0 aliphatic rings. The van der Waals surface area contributed by atoms with E-state index in [4.69, 9.17) is 4.74 Å². The van der Waals surface area contributed by atoms with Gasteiger partial charge in [-0.15, -0.1) is 11.3 Å². The molecule has 1 atom stereocenters. The van der Waals surface area contributed by atoms with Crippen molar-refractivity contribution in [2.24, 2.45) is 0 Å². The summed E-state index contributed by atoms with van der Waals surface area (Å²) < 4.78 is 5.43. The van der Waals surface area contributed by atoms with Gasteiger partial charge in [0, 0.05) is 18.8 Å². The van der Waals surface area contributed by atoms with Crippen LogP contribution in [0, 0.1) is 6.92 Å². The maximum Gasteiger partial charge on any atom is 0.266 e. The molecule has 0 spiro atoms. The van der Waals surface area contributed by atoms with E-state index in [1.807, 2.05) is 56.3 Å². The lowest BCUT2D eigenvalue weighted by Crippen LogP contribution is -2.29. The Morgan fingerprint density at radius 3 is 2.62 bits per heavy atom. The Hall–Kier alpha value is -2.73. The van der Waals surface area contributed by atoms with E-state index in [0.29, 0.717) is 4.88 Å². The van der Waals surface area contributed by atoms with E-state index >= 15 is 0 Å². The smallest absolute Gasteiger partial charge is 0.266 e. The summed E-state index contributed by atoms with van der Waals surface area (Å²) in [4.78, 5) is 24.3. The molecular weight excluding hydrogens is 346 g/mol. The Morgan fingerprint density at radius 2 is 1.92 bits per heavy atom. The number of benzene rings is 1. The lowest BCUT2D eigenvalue weighted by Gasteiger charge is -2.26. The van der Waals surface area contributed by atoms with Crippen LogP contribution < -0.4 is 4.74 Å². The molecule has 5 nitrogen and oxygen atoms in total. The van der Waals surface area contributed by atoms with Crippen LogP contribution in [0.15, 0.2) is 48.7 Å². The molecule has 0 aliphatic carbocycles. The average molecular weight is 367 g/mol. The number of thiazole rings is 1. The third-order valence-electron chi connectivity index (χ3n) is 4.37. The van der Waals surface area contributed by atoms with Gasteiger partial charge in [0.05, 0.1) is 24.5 Å². The Labute approximate surface area is 157 Å². The monoisotopic (exact) mass is 367 g/mol. The topological polar surface area (TPSA) is 55.3 Å². The van der Waals surface area contributed by atoms with Crippen molar-refractivity contribution in [1.82, 2.24) is 14.9 Å². The van der Waals surface area contributed by atoms with E-state index < -0.39 is 0 Å². The molecule has 0 saturated heterocycles. The van der Waals surface area contributed by atoms with Crippen LogP contribution in [0.3, 0.4) is 0 Å². The van der Waals surface area contributed by atoms with Crippen molar-refractivity contribution in [3.05, 3.63) is 64.8 Å². The Morgan fingerprint density at radius 1 is 1.19 bits per heavy atom. The largest absolute Gasteiger partial charge is 0.496 e. The number of para-hydroxylation sites is 1. The first-order valence-electron chi connectivity index (χ1n) is 8.31. The molecule has 1 amide bonds. The summed E-state index contributed by atoms with van der Waals surface area (Å²) in [6.07, 6.45) is 1.73. The van der Waals surface area contributed by atoms with E-state index in [0.717, 1.165) is 27.7 Å². The predicted octanol–water partition coefficient (Wildman–Crippen LogP) is 4.36. The van der Waals surface area contributed by atoms with Gasteiger partial charge in [0.25, 0.3) is 5.91 Å². The molecule has 1 unspecified atom stereocenters. The van der Waals surface area contributed by atoms with Gasteiger partial charge >= 0.3 is 0 Å². The fraction of sp³-hybridized carbons (Fsp3) is 0.250. The third kappa shape index (κ3) is 3.46. The normalized spacial score (nSPS) is 11.8. The maximum absolute atomic E-state index is 13.1. The summed E-state index contributed by atoms with van der Waals surface area (Å²) >= 11 is 1.38. The van der Waals surface area contributed by atoms with Crippen molar-refractivity contribution >= 4 is 17.2 Å². The Bertz CT molecular complexity index is 908. The number of carbonyl (C=O) groups excluding carboxylic acids is 1. The molecule has 2 heterocycles. The van der Waals surface area contributed by atoms with Gasteiger partial charge in [-0.1, -0.05) is 24.3 Å². The van der Waals surface area contributed by atoms with Gasteiger partial charge in [-0.3, -0.25) is 9.78 Å². The minimum atomic E-state index is -0.126. The number of nitrogens with zero attached hydrogens (tertiary/aromatic N) is 3. The minimum absolute atomic E-state index is 0.0550. The molecule has 0 N–H and O–H groups in total. The van der Waals surface area contributed by atoms with Crippen molar-refractivity contribution in [2.75, 3.05) is 14.2 Å². The van der Waals surface area contributed by atoms with Crippen LogP contribution in [0.5, 0.6) is 5.75 Å². The molecule has 1 aromatic carbocycles. The summed E-state index contributed by atoms with van der Waals surface area (Å²) in [5.41, 5.74) is 2.47. The van der Waals surface area contributed by atoms with Crippen LogP contribution in [0.4, 0.5) is 0 Å². The number of amides is 1. The molecule has 26 heavy (non-hydrogen) atoms. The minimum Gasteiger partial charge on any atom is -0.496 e. The summed E-state index contributed by atoms with van der Waals surface area (Å²) in [5, 5.41) is 0.754. The highest BCUT2D eigenvalue weighted by molar-refractivity contribution is 7.17. The van der Waals surface area contributed by atoms with Gasteiger partial charge in [-0.2, -0.15) is 0 Å². The highest BCUT2D eigenvalue weighted by Gasteiger charge is 2.25. The fourth-order valence-corrected chi connectivity index (χ4v) is 3.78. The molecular formula is C20H21N3O2S. The number of aryl methyl sites for hydroxylation is 1. The number of aromatic nitrogens is 2. The number of pyridine rings is 1. The molecule has 134 valence electrons. The highest BCUT2D eigenvalue weighted by atomic mass is 32.1. The molecule has 0 aliphatic heterocycles. The number of rotatable bonds is 5. The molecule has 6 heteroatoms. The zero-order valence-corrected chi connectivity index (χ0v) is 16.1. The van der Waals surface area contributed by atoms with Crippen LogP contribution in [-0.4, -0.2) is 34.9 Å². The number of carbonyl (C=O) groups is 1. The van der Waals surface area contributed by atoms with Gasteiger partial charge < -0.3 is 9.64 Å². The molecule has 0 bridgehead atoms.